The number of hydrogen-bond acceptors (Lipinski definition) is 7. The van der Waals surface area contributed by atoms with Crippen LogP contribution in [0.4, 0.5) is 0 Å². The van der Waals surface area contributed by atoms with E-state index >= 15 is 0 Å². The van der Waals surface area contributed by atoms with E-state index in [0.29, 0.717) is 16.6 Å². The van der Waals surface area contributed by atoms with Gasteiger partial charge < -0.3 is 9.47 Å². The van der Waals surface area contributed by atoms with Crippen LogP contribution in [0.1, 0.15) is 23.2 Å². The molecule has 0 N–H and O–H groups in total. The minimum absolute atomic E-state index is 0.172. The predicted molar refractivity (Wildman–Crippen MR) is 62.6 cm³/mol. The zero-order valence-corrected chi connectivity index (χ0v) is 10.6. The van der Waals surface area contributed by atoms with Crippen molar-refractivity contribution in [2.75, 3.05) is 20.3 Å². The largest absolute Gasteiger partial charge is 0.469 e. The van der Waals surface area contributed by atoms with Crippen LogP contribution in [0.5, 0.6) is 0 Å². The van der Waals surface area contributed by atoms with Crippen molar-refractivity contribution in [3.05, 3.63) is 10.8 Å². The Morgan fingerprint density at radius 1 is 1.61 bits per heavy atom. The van der Waals surface area contributed by atoms with Crippen LogP contribution in [0, 0.1) is 0 Å². The van der Waals surface area contributed by atoms with Gasteiger partial charge in [-0.1, -0.05) is 11.3 Å². The lowest BCUT2D eigenvalue weighted by atomic mass is 10.1. The van der Waals surface area contributed by atoms with Gasteiger partial charge in [0.05, 0.1) is 20.1 Å². The molecule has 0 saturated carbocycles. The smallest absolute Gasteiger partial charge is 0.312 e. The molecule has 0 aliphatic carbocycles. The molecule has 96 valence electrons. The van der Waals surface area contributed by atoms with Gasteiger partial charge in [-0.25, -0.2) is 0 Å². The fourth-order valence-corrected chi connectivity index (χ4v) is 2.76. The number of aromatic nitrogens is 4. The lowest BCUT2D eigenvalue weighted by Crippen LogP contribution is -2.07. The zero-order chi connectivity index (χ0) is 12.5. The lowest BCUT2D eigenvalue weighted by molar-refractivity contribution is -0.139. The van der Waals surface area contributed by atoms with E-state index < -0.39 is 0 Å². The van der Waals surface area contributed by atoms with Gasteiger partial charge in [-0.2, -0.15) is 9.61 Å². The Balaban J connectivity index is 1.90. The van der Waals surface area contributed by atoms with Gasteiger partial charge >= 0.3 is 5.97 Å². The zero-order valence-electron chi connectivity index (χ0n) is 9.83. The number of nitrogens with zero attached hydrogens (tertiary/aromatic N) is 4. The minimum Gasteiger partial charge on any atom is -0.469 e. The Bertz CT molecular complexity index is 573. The van der Waals surface area contributed by atoms with Gasteiger partial charge in [0.1, 0.15) is 5.01 Å². The fourth-order valence-electron chi connectivity index (χ4n) is 1.93. The summed E-state index contributed by atoms with van der Waals surface area (Å²) in [5, 5.41) is 13.3. The summed E-state index contributed by atoms with van der Waals surface area (Å²) in [7, 11) is 1.36. The molecule has 0 spiro atoms. The molecule has 3 rings (SSSR count). The summed E-state index contributed by atoms with van der Waals surface area (Å²) in [6.45, 7) is 1.41. The summed E-state index contributed by atoms with van der Waals surface area (Å²) in [5.74, 6) is 0.758. The van der Waals surface area contributed by atoms with Crippen LogP contribution in [0.25, 0.3) is 4.96 Å². The third-order valence-electron chi connectivity index (χ3n) is 2.87. The molecule has 1 aliphatic heterocycles. The highest BCUT2D eigenvalue weighted by atomic mass is 32.1. The van der Waals surface area contributed by atoms with E-state index in [2.05, 4.69) is 20.0 Å². The maximum atomic E-state index is 11.2. The second kappa shape index (κ2) is 4.62. The number of ether oxygens (including phenoxy) is 2. The molecule has 1 saturated heterocycles. The summed E-state index contributed by atoms with van der Waals surface area (Å²) < 4.78 is 11.7. The van der Waals surface area contributed by atoms with Gasteiger partial charge in [-0.3, -0.25) is 4.79 Å². The molecule has 0 aromatic carbocycles. The Morgan fingerprint density at radius 2 is 2.50 bits per heavy atom. The van der Waals surface area contributed by atoms with E-state index in [-0.39, 0.29) is 18.3 Å². The van der Waals surface area contributed by atoms with Gasteiger partial charge in [0.15, 0.2) is 5.82 Å². The highest BCUT2D eigenvalue weighted by Crippen LogP contribution is 2.25. The maximum Gasteiger partial charge on any atom is 0.312 e. The summed E-state index contributed by atoms with van der Waals surface area (Å²) in [4.78, 5) is 11.9. The third-order valence-corrected chi connectivity index (χ3v) is 3.77. The summed E-state index contributed by atoms with van der Waals surface area (Å²) in [5.41, 5.74) is 0. The van der Waals surface area contributed by atoms with Crippen LogP contribution in [-0.4, -0.2) is 46.1 Å². The minimum atomic E-state index is -0.300. The molecule has 0 amide bonds. The lowest BCUT2D eigenvalue weighted by Gasteiger charge is -2.01. The van der Waals surface area contributed by atoms with Gasteiger partial charge in [0, 0.05) is 12.5 Å². The van der Waals surface area contributed by atoms with Crippen molar-refractivity contribution in [2.45, 2.75) is 18.8 Å². The molecule has 0 radical (unpaired) electrons. The second-order valence-corrected chi connectivity index (χ2v) is 5.10. The van der Waals surface area contributed by atoms with Gasteiger partial charge in [0.25, 0.3) is 0 Å². The van der Waals surface area contributed by atoms with Crippen LogP contribution < -0.4 is 0 Å². The maximum absolute atomic E-state index is 11.2. The average Bonchev–Trinajstić information content (AvgIpc) is 3.03. The summed E-state index contributed by atoms with van der Waals surface area (Å²) in [6, 6.07) is 0. The van der Waals surface area contributed by atoms with Crippen molar-refractivity contribution in [2.24, 2.45) is 0 Å². The van der Waals surface area contributed by atoms with E-state index in [4.69, 9.17) is 4.74 Å². The van der Waals surface area contributed by atoms with Gasteiger partial charge in [0.2, 0.25) is 4.96 Å². The van der Waals surface area contributed by atoms with Crippen LogP contribution in [-0.2, 0) is 20.7 Å². The van der Waals surface area contributed by atoms with Crippen molar-refractivity contribution in [3.63, 3.8) is 0 Å². The molecule has 2 aromatic rings. The van der Waals surface area contributed by atoms with Crippen molar-refractivity contribution in [3.8, 4) is 0 Å². The predicted octanol–water partition coefficient (Wildman–Crippen LogP) is 0.405. The summed E-state index contributed by atoms with van der Waals surface area (Å²) >= 11 is 1.36. The number of esters is 1. The molecule has 0 bridgehead atoms. The second-order valence-electron chi connectivity index (χ2n) is 4.06. The van der Waals surface area contributed by atoms with Crippen molar-refractivity contribution >= 4 is 22.3 Å². The molecular weight excluding hydrogens is 256 g/mol. The molecule has 7 nitrogen and oxygen atoms in total. The number of methoxy groups -OCH3 is 1. The number of carbonyl (C=O) groups excluding carboxylic acids is 1. The molecular formula is C10H12N4O3S. The van der Waals surface area contributed by atoms with Crippen LogP contribution in [0.3, 0.4) is 0 Å². The quantitative estimate of drug-likeness (QED) is 0.750. The molecule has 8 heteroatoms. The number of hydrogen-bond donors (Lipinski definition) is 0. The van der Waals surface area contributed by atoms with Crippen LogP contribution >= 0.6 is 11.3 Å². The number of carbonyl (C=O) groups is 1. The molecule has 18 heavy (non-hydrogen) atoms. The van der Waals surface area contributed by atoms with Crippen molar-refractivity contribution in [1.82, 2.24) is 19.8 Å². The average molecular weight is 268 g/mol. The van der Waals surface area contributed by atoms with E-state index in [0.717, 1.165) is 18.9 Å². The van der Waals surface area contributed by atoms with Crippen LogP contribution in [0.2, 0.25) is 0 Å². The van der Waals surface area contributed by atoms with Crippen molar-refractivity contribution in [1.29, 1.82) is 0 Å². The first-order chi connectivity index (χ1) is 8.78. The first kappa shape index (κ1) is 11.5. The molecule has 2 aromatic heterocycles. The van der Waals surface area contributed by atoms with E-state index in [1.54, 1.807) is 4.52 Å². The summed E-state index contributed by atoms with van der Waals surface area (Å²) in [6.07, 6.45) is 1.11. The SMILES string of the molecule is COC(=O)Cc1nn2c(C3CCOC3)nnc2s1. The fraction of sp³-hybridized carbons (Fsp3) is 0.600. The van der Waals surface area contributed by atoms with E-state index in [1.807, 2.05) is 0 Å². The van der Waals surface area contributed by atoms with Gasteiger partial charge in [-0.05, 0) is 6.42 Å². The highest BCUT2D eigenvalue weighted by Gasteiger charge is 2.25. The highest BCUT2D eigenvalue weighted by molar-refractivity contribution is 7.16. The van der Waals surface area contributed by atoms with Crippen LogP contribution in [0.15, 0.2) is 0 Å². The molecule has 1 unspecified atom stereocenters. The molecule has 3 heterocycles. The van der Waals surface area contributed by atoms with Gasteiger partial charge in [-0.15, -0.1) is 10.2 Å². The Kier molecular flexibility index (Phi) is 2.96. The first-order valence-electron chi connectivity index (χ1n) is 5.63. The van der Waals surface area contributed by atoms with E-state index in [9.17, 15) is 4.79 Å². The van der Waals surface area contributed by atoms with Crippen molar-refractivity contribution < 1.29 is 14.3 Å². The Morgan fingerprint density at radius 3 is 3.22 bits per heavy atom. The third kappa shape index (κ3) is 1.97. The topological polar surface area (TPSA) is 78.6 Å². The Labute approximate surface area is 107 Å². The normalized spacial score (nSPS) is 19.5. The molecule has 1 aliphatic rings. The Hall–Kier alpha value is -1.54. The molecule has 1 atom stereocenters. The monoisotopic (exact) mass is 268 g/mol. The molecule has 1 fully saturated rings. The number of rotatable bonds is 3. The first-order valence-corrected chi connectivity index (χ1v) is 6.45. The standard InChI is InChI=1S/C10H12N4O3S/c1-16-8(15)4-7-13-14-9(6-2-3-17-5-6)11-12-10(14)18-7/h6H,2-5H2,1H3. The van der Waals surface area contributed by atoms with E-state index in [1.165, 1.54) is 18.4 Å². The number of fused-ring (bicyclic) bond motifs is 1.